The molecule has 168 valence electrons. The third-order valence-electron chi connectivity index (χ3n) is 5.37. The van der Waals surface area contributed by atoms with Crippen molar-refractivity contribution in [3.63, 3.8) is 0 Å². The summed E-state index contributed by atoms with van der Waals surface area (Å²) in [5, 5.41) is 10.6. The van der Waals surface area contributed by atoms with Gasteiger partial charge in [-0.05, 0) is 36.6 Å². The van der Waals surface area contributed by atoms with E-state index >= 15 is 0 Å². The van der Waals surface area contributed by atoms with Crippen molar-refractivity contribution in [2.75, 3.05) is 19.6 Å². The smallest absolute Gasteiger partial charge is 0.332 e. The van der Waals surface area contributed by atoms with Crippen LogP contribution in [0.2, 0.25) is 0 Å². The predicted molar refractivity (Wildman–Crippen MR) is 117 cm³/mol. The summed E-state index contributed by atoms with van der Waals surface area (Å²) in [5.74, 6) is 0.0363. The summed E-state index contributed by atoms with van der Waals surface area (Å²) < 4.78 is 17.4. The van der Waals surface area contributed by atoms with Crippen molar-refractivity contribution in [2.45, 2.75) is 32.9 Å². The molecule has 31 heavy (non-hydrogen) atoms. The summed E-state index contributed by atoms with van der Waals surface area (Å²) in [4.78, 5) is 31.7. The Labute approximate surface area is 180 Å². The van der Waals surface area contributed by atoms with Crippen molar-refractivity contribution >= 4 is 11.2 Å². The molecule has 0 aliphatic carbocycles. The second-order valence-corrected chi connectivity index (χ2v) is 8.40. The summed E-state index contributed by atoms with van der Waals surface area (Å²) >= 11 is 0. The summed E-state index contributed by atoms with van der Waals surface area (Å²) in [7, 11) is 3.34. The number of hydrogen-bond donors (Lipinski definition) is 1. The number of hydrogen-bond acceptors (Lipinski definition) is 5. The number of aryl methyl sites for hydroxylation is 2. The first-order valence-corrected chi connectivity index (χ1v) is 10.5. The molecule has 0 saturated carbocycles. The fourth-order valence-electron chi connectivity index (χ4n) is 3.85. The Morgan fingerprint density at radius 1 is 1.13 bits per heavy atom. The lowest BCUT2D eigenvalue weighted by Gasteiger charge is -2.27. The molecular weight excluding hydrogens is 401 g/mol. The molecule has 0 saturated heterocycles. The first-order chi connectivity index (χ1) is 14.7. The van der Waals surface area contributed by atoms with Crippen molar-refractivity contribution in [3.8, 4) is 0 Å². The van der Waals surface area contributed by atoms with Crippen molar-refractivity contribution < 1.29 is 9.50 Å². The third-order valence-corrected chi connectivity index (χ3v) is 5.37. The first kappa shape index (κ1) is 22.9. The van der Waals surface area contributed by atoms with Crippen LogP contribution in [0.5, 0.6) is 0 Å². The molecular formula is C22H30FN5O3. The van der Waals surface area contributed by atoms with Gasteiger partial charge in [-0.2, -0.15) is 0 Å². The number of rotatable bonds is 9. The van der Waals surface area contributed by atoms with Gasteiger partial charge in [0.15, 0.2) is 11.2 Å². The molecule has 0 bridgehead atoms. The molecule has 0 aliphatic heterocycles. The van der Waals surface area contributed by atoms with E-state index in [2.05, 4.69) is 23.7 Å². The topological polar surface area (TPSA) is 85.3 Å². The maximum atomic E-state index is 13.2. The number of halogens is 1. The minimum atomic E-state index is -0.749. The zero-order valence-electron chi connectivity index (χ0n) is 18.5. The molecule has 2 aromatic heterocycles. The van der Waals surface area contributed by atoms with Gasteiger partial charge < -0.3 is 14.6 Å². The van der Waals surface area contributed by atoms with E-state index in [-0.39, 0.29) is 17.9 Å². The maximum Gasteiger partial charge on any atom is 0.332 e. The molecule has 0 radical (unpaired) electrons. The van der Waals surface area contributed by atoms with Crippen LogP contribution in [0, 0.1) is 11.7 Å². The van der Waals surface area contributed by atoms with Gasteiger partial charge in [-0.1, -0.05) is 26.0 Å². The highest BCUT2D eigenvalue weighted by Gasteiger charge is 2.17. The van der Waals surface area contributed by atoms with Crippen LogP contribution in [0.1, 0.15) is 31.9 Å². The SMILES string of the molecule is CC(C)CN(CCCn1c(=O)c2c(ncn2C)n(C)c1=O)CC(O)c1ccc(F)cc1. The van der Waals surface area contributed by atoms with Crippen LogP contribution in [0.25, 0.3) is 11.2 Å². The lowest BCUT2D eigenvalue weighted by molar-refractivity contribution is 0.104. The van der Waals surface area contributed by atoms with Gasteiger partial charge in [-0.3, -0.25) is 13.9 Å². The van der Waals surface area contributed by atoms with Gasteiger partial charge in [0.1, 0.15) is 5.82 Å². The first-order valence-electron chi connectivity index (χ1n) is 10.5. The van der Waals surface area contributed by atoms with E-state index in [4.69, 9.17) is 0 Å². The van der Waals surface area contributed by atoms with Gasteiger partial charge >= 0.3 is 5.69 Å². The summed E-state index contributed by atoms with van der Waals surface area (Å²) in [5.41, 5.74) is 0.685. The van der Waals surface area contributed by atoms with E-state index in [9.17, 15) is 19.1 Å². The van der Waals surface area contributed by atoms with Crippen molar-refractivity contribution in [1.29, 1.82) is 0 Å². The highest BCUT2D eigenvalue weighted by Crippen LogP contribution is 2.16. The average Bonchev–Trinajstić information content (AvgIpc) is 3.10. The molecule has 0 fully saturated rings. The Hall–Kier alpha value is -2.78. The Morgan fingerprint density at radius 2 is 1.81 bits per heavy atom. The van der Waals surface area contributed by atoms with E-state index in [0.29, 0.717) is 42.2 Å². The Morgan fingerprint density at radius 3 is 2.45 bits per heavy atom. The van der Waals surface area contributed by atoms with E-state index < -0.39 is 11.8 Å². The lowest BCUT2D eigenvalue weighted by atomic mass is 10.1. The van der Waals surface area contributed by atoms with E-state index in [1.54, 1.807) is 30.8 Å². The van der Waals surface area contributed by atoms with Gasteiger partial charge in [0.05, 0.1) is 12.4 Å². The quantitative estimate of drug-likeness (QED) is 0.557. The Balaban J connectivity index is 1.72. The molecule has 3 aromatic rings. The highest BCUT2D eigenvalue weighted by molar-refractivity contribution is 5.69. The number of aliphatic hydroxyl groups is 1. The number of imidazole rings is 1. The molecule has 1 unspecified atom stereocenters. The summed E-state index contributed by atoms with van der Waals surface area (Å²) in [6, 6.07) is 5.84. The van der Waals surface area contributed by atoms with Crippen LogP contribution in [0.3, 0.4) is 0 Å². The molecule has 0 amide bonds. The number of aromatic nitrogens is 4. The molecule has 2 heterocycles. The normalized spacial score (nSPS) is 12.9. The lowest BCUT2D eigenvalue weighted by Crippen LogP contribution is -2.40. The standard InChI is InChI=1S/C22H30FN5O3/c1-15(2)12-27(13-18(29)16-6-8-17(23)9-7-16)10-5-11-28-21(30)19-20(24-14-25(19)3)26(4)22(28)31/h6-9,14-15,18,29H,5,10-13H2,1-4H3. The largest absolute Gasteiger partial charge is 0.387 e. The molecule has 0 spiro atoms. The third kappa shape index (κ3) is 5.11. The van der Waals surface area contributed by atoms with Gasteiger partial charge in [0.25, 0.3) is 5.56 Å². The molecule has 8 nitrogen and oxygen atoms in total. The van der Waals surface area contributed by atoms with Gasteiger partial charge in [-0.15, -0.1) is 0 Å². The molecule has 9 heteroatoms. The minimum Gasteiger partial charge on any atom is -0.387 e. The van der Waals surface area contributed by atoms with Crippen molar-refractivity contribution in [2.24, 2.45) is 20.0 Å². The van der Waals surface area contributed by atoms with Gasteiger partial charge in [-0.25, -0.2) is 14.2 Å². The van der Waals surface area contributed by atoms with Crippen molar-refractivity contribution in [3.05, 3.63) is 62.8 Å². The second-order valence-electron chi connectivity index (χ2n) is 8.40. The second kappa shape index (κ2) is 9.57. The predicted octanol–water partition coefficient (Wildman–Crippen LogP) is 1.65. The van der Waals surface area contributed by atoms with Crippen LogP contribution in [0.15, 0.2) is 40.2 Å². The molecule has 1 aromatic carbocycles. The summed E-state index contributed by atoms with van der Waals surface area (Å²) in [6.07, 6.45) is 1.35. The Bertz CT molecular complexity index is 1150. The number of fused-ring (bicyclic) bond motifs is 1. The maximum absolute atomic E-state index is 13.2. The molecule has 0 aliphatic rings. The molecule has 1 atom stereocenters. The van der Waals surface area contributed by atoms with Crippen LogP contribution in [-0.2, 0) is 20.6 Å². The monoisotopic (exact) mass is 431 g/mol. The summed E-state index contributed by atoms with van der Waals surface area (Å²) in [6.45, 7) is 6.20. The highest BCUT2D eigenvalue weighted by atomic mass is 19.1. The number of nitrogens with zero attached hydrogens (tertiary/aromatic N) is 5. The van der Waals surface area contributed by atoms with Gasteiger partial charge in [0, 0.05) is 33.7 Å². The van der Waals surface area contributed by atoms with E-state index in [1.807, 2.05) is 0 Å². The van der Waals surface area contributed by atoms with Crippen LogP contribution in [-0.4, -0.2) is 48.3 Å². The minimum absolute atomic E-state index is 0.272. The van der Waals surface area contributed by atoms with E-state index in [0.717, 1.165) is 6.54 Å². The zero-order valence-corrected chi connectivity index (χ0v) is 18.5. The average molecular weight is 432 g/mol. The van der Waals surface area contributed by atoms with Gasteiger partial charge in [0.2, 0.25) is 0 Å². The van der Waals surface area contributed by atoms with Crippen LogP contribution >= 0.6 is 0 Å². The zero-order chi connectivity index (χ0) is 22.7. The molecule has 3 rings (SSSR count). The fourth-order valence-corrected chi connectivity index (χ4v) is 3.85. The molecule has 1 N–H and O–H groups in total. The fraction of sp³-hybridized carbons (Fsp3) is 0.500. The van der Waals surface area contributed by atoms with Crippen LogP contribution in [0.4, 0.5) is 4.39 Å². The van der Waals surface area contributed by atoms with Crippen LogP contribution < -0.4 is 11.2 Å². The van der Waals surface area contributed by atoms with E-state index in [1.165, 1.54) is 27.6 Å². The Kier molecular flexibility index (Phi) is 7.07. The number of aliphatic hydroxyl groups excluding tert-OH is 1. The number of benzene rings is 1. The van der Waals surface area contributed by atoms with Crippen molar-refractivity contribution in [1.82, 2.24) is 23.6 Å².